The Kier molecular flexibility index (Phi) is 2.40. The Bertz CT molecular complexity index is 547. The van der Waals surface area contributed by atoms with Gasteiger partial charge in [0.1, 0.15) is 6.54 Å². The summed E-state index contributed by atoms with van der Waals surface area (Å²) < 4.78 is 0. The van der Waals surface area contributed by atoms with Crippen LogP contribution in [0.4, 0.5) is 0 Å². The SMILES string of the molecule is CC1C2=C3C(=NC/C3=C/C=NCC2=O)CC1(C)C. The van der Waals surface area contributed by atoms with Crippen molar-refractivity contribution in [1.29, 1.82) is 0 Å². The quantitative estimate of drug-likeness (QED) is 0.643. The summed E-state index contributed by atoms with van der Waals surface area (Å²) in [6.45, 7) is 7.59. The molecule has 1 aliphatic carbocycles. The van der Waals surface area contributed by atoms with E-state index in [2.05, 4.69) is 30.8 Å². The highest BCUT2D eigenvalue weighted by Gasteiger charge is 2.42. The third kappa shape index (κ3) is 1.53. The summed E-state index contributed by atoms with van der Waals surface area (Å²) in [5, 5.41) is 0. The second-order valence-electron chi connectivity index (χ2n) is 6.04. The third-order valence-electron chi connectivity index (χ3n) is 4.46. The smallest absolute Gasteiger partial charge is 0.181 e. The summed E-state index contributed by atoms with van der Waals surface area (Å²) in [5.41, 5.74) is 4.50. The molecule has 2 aliphatic heterocycles. The van der Waals surface area contributed by atoms with E-state index in [1.54, 1.807) is 6.21 Å². The maximum atomic E-state index is 12.4. The number of Topliss-reactive ketones (excluding diaryl/α,β-unsaturated/α-hetero) is 1. The molecule has 3 rings (SSSR count). The van der Waals surface area contributed by atoms with Crippen LogP contribution in [0.2, 0.25) is 0 Å². The highest BCUT2D eigenvalue weighted by Crippen LogP contribution is 2.46. The van der Waals surface area contributed by atoms with Crippen LogP contribution in [0.15, 0.2) is 32.8 Å². The Hall–Kier alpha value is -1.51. The van der Waals surface area contributed by atoms with Gasteiger partial charge >= 0.3 is 0 Å². The zero-order chi connectivity index (χ0) is 12.9. The van der Waals surface area contributed by atoms with Crippen molar-refractivity contribution in [2.24, 2.45) is 21.3 Å². The Balaban J connectivity index is 2.24. The zero-order valence-electron chi connectivity index (χ0n) is 11.2. The van der Waals surface area contributed by atoms with Crippen LogP contribution < -0.4 is 0 Å². The fourth-order valence-corrected chi connectivity index (χ4v) is 3.07. The molecule has 0 aromatic heterocycles. The van der Waals surface area contributed by atoms with Gasteiger partial charge < -0.3 is 0 Å². The van der Waals surface area contributed by atoms with Gasteiger partial charge in [-0.2, -0.15) is 0 Å². The number of hydrogen-bond donors (Lipinski definition) is 0. The number of hydrogen-bond acceptors (Lipinski definition) is 3. The van der Waals surface area contributed by atoms with E-state index in [0.29, 0.717) is 6.54 Å². The summed E-state index contributed by atoms with van der Waals surface area (Å²) in [7, 11) is 0. The van der Waals surface area contributed by atoms with Crippen molar-refractivity contribution in [2.45, 2.75) is 27.2 Å². The minimum Gasteiger partial charge on any atom is -0.292 e. The summed E-state index contributed by atoms with van der Waals surface area (Å²) in [6.07, 6.45) is 4.73. The fraction of sp³-hybridized carbons (Fsp3) is 0.533. The molecule has 0 radical (unpaired) electrons. The lowest BCUT2D eigenvalue weighted by atomic mass is 9.64. The lowest BCUT2D eigenvalue weighted by molar-refractivity contribution is -0.115. The minimum atomic E-state index is 0.103. The predicted molar refractivity (Wildman–Crippen MR) is 73.3 cm³/mol. The van der Waals surface area contributed by atoms with Crippen LogP contribution >= 0.6 is 0 Å². The van der Waals surface area contributed by atoms with E-state index in [1.165, 1.54) is 5.57 Å². The molecular weight excluding hydrogens is 224 g/mol. The molecule has 0 amide bonds. The number of nitrogens with zero attached hydrogens (tertiary/aromatic N) is 2. The van der Waals surface area contributed by atoms with Crippen molar-refractivity contribution in [1.82, 2.24) is 0 Å². The zero-order valence-corrected chi connectivity index (χ0v) is 11.2. The van der Waals surface area contributed by atoms with E-state index in [1.807, 2.05) is 6.08 Å². The van der Waals surface area contributed by atoms with Gasteiger partial charge in [-0.15, -0.1) is 0 Å². The molecule has 0 spiro atoms. The van der Waals surface area contributed by atoms with Gasteiger partial charge in [0.15, 0.2) is 5.78 Å². The topological polar surface area (TPSA) is 41.8 Å². The van der Waals surface area contributed by atoms with E-state index >= 15 is 0 Å². The van der Waals surface area contributed by atoms with Crippen molar-refractivity contribution < 1.29 is 4.79 Å². The van der Waals surface area contributed by atoms with Crippen LogP contribution in [0.3, 0.4) is 0 Å². The van der Waals surface area contributed by atoms with Crippen LogP contribution in [0.5, 0.6) is 0 Å². The number of allylic oxidation sites excluding steroid dienone is 1. The molecule has 94 valence electrons. The molecule has 0 N–H and O–H groups in total. The second-order valence-corrected chi connectivity index (χ2v) is 6.04. The predicted octanol–water partition coefficient (Wildman–Crippen LogP) is 2.38. The summed E-state index contributed by atoms with van der Waals surface area (Å²) >= 11 is 0. The lowest BCUT2D eigenvalue weighted by Crippen LogP contribution is -2.36. The van der Waals surface area contributed by atoms with Crippen LogP contribution in [-0.2, 0) is 4.79 Å². The highest BCUT2D eigenvalue weighted by molar-refractivity contribution is 6.16. The van der Waals surface area contributed by atoms with Crippen molar-refractivity contribution in [3.8, 4) is 0 Å². The van der Waals surface area contributed by atoms with Crippen molar-refractivity contribution >= 4 is 17.7 Å². The van der Waals surface area contributed by atoms with Crippen LogP contribution in [-0.4, -0.2) is 30.8 Å². The molecule has 1 atom stereocenters. The third-order valence-corrected chi connectivity index (χ3v) is 4.46. The monoisotopic (exact) mass is 242 g/mol. The van der Waals surface area contributed by atoms with Crippen LogP contribution in [0.1, 0.15) is 27.2 Å². The molecule has 18 heavy (non-hydrogen) atoms. The molecule has 2 heterocycles. The van der Waals surface area contributed by atoms with Gasteiger partial charge in [-0.3, -0.25) is 14.8 Å². The summed E-state index contributed by atoms with van der Waals surface area (Å²) in [6, 6.07) is 0. The number of carbonyl (C=O) groups excluding carboxylic acids is 1. The first-order chi connectivity index (χ1) is 8.50. The first kappa shape index (κ1) is 11.6. The van der Waals surface area contributed by atoms with Gasteiger partial charge in [-0.05, 0) is 29.4 Å². The molecular formula is C15H18N2O. The van der Waals surface area contributed by atoms with E-state index in [4.69, 9.17) is 0 Å². The summed E-state index contributed by atoms with van der Waals surface area (Å²) in [4.78, 5) is 21.2. The molecule has 0 saturated carbocycles. The molecule has 0 bridgehead atoms. The standard InChI is InChI=1S/C15H18N2O/c1-9-13-12(18)8-16-5-4-10-7-17-11(14(10)13)6-15(9,2)3/h4-5,9H,6-8H2,1-3H3/b10-4-,16-5?. The van der Waals surface area contributed by atoms with Gasteiger partial charge in [-0.1, -0.05) is 20.8 Å². The van der Waals surface area contributed by atoms with E-state index in [-0.39, 0.29) is 23.7 Å². The molecule has 3 nitrogen and oxygen atoms in total. The van der Waals surface area contributed by atoms with Crippen molar-refractivity contribution in [3.63, 3.8) is 0 Å². The molecule has 3 aliphatic rings. The van der Waals surface area contributed by atoms with Crippen molar-refractivity contribution in [2.75, 3.05) is 13.1 Å². The van der Waals surface area contributed by atoms with E-state index < -0.39 is 0 Å². The van der Waals surface area contributed by atoms with Gasteiger partial charge in [0, 0.05) is 23.1 Å². The molecule has 0 saturated heterocycles. The first-order valence-electron chi connectivity index (χ1n) is 6.51. The molecule has 1 unspecified atom stereocenters. The van der Waals surface area contributed by atoms with Gasteiger partial charge in [0.25, 0.3) is 0 Å². The number of rotatable bonds is 0. The average Bonchev–Trinajstić information content (AvgIpc) is 2.65. The molecule has 0 aromatic carbocycles. The maximum Gasteiger partial charge on any atom is 0.181 e. The Morgan fingerprint density at radius 1 is 1.33 bits per heavy atom. The van der Waals surface area contributed by atoms with Gasteiger partial charge in [-0.25, -0.2) is 0 Å². The van der Waals surface area contributed by atoms with E-state index in [0.717, 1.165) is 23.3 Å². The van der Waals surface area contributed by atoms with Crippen molar-refractivity contribution in [3.05, 3.63) is 22.8 Å². The van der Waals surface area contributed by atoms with Gasteiger partial charge in [0.2, 0.25) is 0 Å². The molecule has 3 heteroatoms. The maximum absolute atomic E-state index is 12.4. The fourth-order valence-electron chi connectivity index (χ4n) is 3.07. The lowest BCUT2D eigenvalue weighted by Gasteiger charge is -2.39. The number of aliphatic imine (C=N–C) groups is 2. The summed E-state index contributed by atoms with van der Waals surface area (Å²) in [5.74, 6) is 0.440. The van der Waals surface area contributed by atoms with Gasteiger partial charge in [0.05, 0.1) is 6.54 Å². The van der Waals surface area contributed by atoms with E-state index in [9.17, 15) is 4.79 Å². The Morgan fingerprint density at radius 3 is 2.89 bits per heavy atom. The molecule has 0 fully saturated rings. The minimum absolute atomic E-state index is 0.103. The van der Waals surface area contributed by atoms with Crippen LogP contribution in [0.25, 0.3) is 0 Å². The second kappa shape index (κ2) is 3.74. The van der Waals surface area contributed by atoms with Crippen LogP contribution in [0, 0.1) is 11.3 Å². The number of ketones is 1. The molecule has 0 aromatic rings. The normalized spacial score (nSPS) is 32.4. The average molecular weight is 242 g/mol. The largest absolute Gasteiger partial charge is 0.292 e. The Morgan fingerprint density at radius 2 is 2.11 bits per heavy atom. The number of carbonyl (C=O) groups is 1. The highest BCUT2D eigenvalue weighted by atomic mass is 16.1. The Labute approximate surface area is 107 Å². The first-order valence-corrected chi connectivity index (χ1v) is 6.51.